The van der Waals surface area contributed by atoms with Gasteiger partial charge in [0.25, 0.3) is 0 Å². The van der Waals surface area contributed by atoms with Gasteiger partial charge in [-0.05, 0) is 71.6 Å². The molecule has 1 amide bonds. The molecule has 0 aromatic carbocycles. The van der Waals surface area contributed by atoms with Crippen molar-refractivity contribution >= 4 is 6.09 Å². The lowest BCUT2D eigenvalue weighted by atomic mass is 9.95. The van der Waals surface area contributed by atoms with Crippen LogP contribution in [0.3, 0.4) is 0 Å². The monoisotopic (exact) mass is 327 g/mol. The van der Waals surface area contributed by atoms with Crippen LogP contribution in [-0.2, 0) is 4.74 Å². The minimum absolute atomic E-state index is 0.286. The van der Waals surface area contributed by atoms with E-state index in [1.165, 1.54) is 0 Å². The fourth-order valence-electron chi connectivity index (χ4n) is 2.57. The van der Waals surface area contributed by atoms with Crippen LogP contribution < -0.4 is 0 Å². The van der Waals surface area contributed by atoms with Crippen LogP contribution in [0.15, 0.2) is 23.9 Å². The first-order valence-corrected chi connectivity index (χ1v) is 8.11. The van der Waals surface area contributed by atoms with Gasteiger partial charge in [0, 0.05) is 18.4 Å². The number of rotatable bonds is 0. The summed E-state index contributed by atoms with van der Waals surface area (Å²) in [4.78, 5) is 22.5. The zero-order valence-corrected chi connectivity index (χ0v) is 15.3. The van der Waals surface area contributed by atoms with Crippen LogP contribution in [0.2, 0.25) is 0 Å². The summed E-state index contributed by atoms with van der Waals surface area (Å²) < 4.78 is 5.50. The highest BCUT2D eigenvalue weighted by Crippen LogP contribution is 2.34. The second-order valence-electron chi connectivity index (χ2n) is 7.40. The normalized spacial score (nSPS) is 18.2. The van der Waals surface area contributed by atoms with Gasteiger partial charge in [-0.15, -0.1) is 0 Å². The fourth-order valence-corrected chi connectivity index (χ4v) is 2.57. The number of allylic oxidation sites excluding steroid dienone is 1. The number of hydrogen-bond donors (Lipinski definition) is 0. The molecule has 2 heterocycles. The Morgan fingerprint density at radius 2 is 2.12 bits per heavy atom. The smallest absolute Gasteiger partial charge is 0.410 e. The van der Waals surface area contributed by atoms with Gasteiger partial charge in [-0.25, -0.2) is 14.8 Å². The van der Waals surface area contributed by atoms with E-state index in [9.17, 15) is 4.79 Å². The molecular weight excluding hydrogens is 302 g/mol. The van der Waals surface area contributed by atoms with Crippen molar-refractivity contribution in [2.24, 2.45) is 0 Å². The van der Waals surface area contributed by atoms with Crippen LogP contribution >= 0.6 is 0 Å². The lowest BCUT2D eigenvalue weighted by molar-refractivity contribution is 0.0160. The molecule has 128 valence electrons. The molecule has 0 saturated carbocycles. The van der Waals surface area contributed by atoms with Gasteiger partial charge in [0.1, 0.15) is 5.60 Å². The average molecular weight is 327 g/mol. The van der Waals surface area contributed by atoms with Gasteiger partial charge in [0.05, 0.1) is 5.54 Å². The molecule has 1 saturated heterocycles. The Hall–Kier alpha value is -2.35. The molecule has 2 rings (SSSR count). The lowest BCUT2D eigenvalue weighted by Crippen LogP contribution is -2.46. The molecule has 1 aliphatic heterocycles. The van der Waals surface area contributed by atoms with E-state index in [4.69, 9.17) is 4.74 Å². The predicted molar refractivity (Wildman–Crippen MR) is 93.4 cm³/mol. The number of hydrogen-bond acceptors (Lipinski definition) is 4. The molecular formula is C19H25N3O2. The minimum Gasteiger partial charge on any atom is -0.444 e. The Morgan fingerprint density at radius 3 is 2.75 bits per heavy atom. The van der Waals surface area contributed by atoms with Crippen molar-refractivity contribution < 1.29 is 9.53 Å². The first-order chi connectivity index (χ1) is 11.1. The molecule has 0 unspecified atom stereocenters. The van der Waals surface area contributed by atoms with Crippen molar-refractivity contribution in [3.8, 4) is 11.8 Å². The summed E-state index contributed by atoms with van der Waals surface area (Å²) in [6.45, 7) is 12.2. The number of carbonyl (C=O) groups is 1. The van der Waals surface area contributed by atoms with Crippen LogP contribution in [0.1, 0.15) is 52.6 Å². The molecule has 1 aliphatic rings. The maximum absolute atomic E-state index is 12.4. The third kappa shape index (κ3) is 4.35. The van der Waals surface area contributed by atoms with Gasteiger partial charge in [-0.1, -0.05) is 5.92 Å². The summed E-state index contributed by atoms with van der Waals surface area (Å²) >= 11 is 0. The summed E-state index contributed by atoms with van der Waals surface area (Å²) in [7, 11) is 0. The lowest BCUT2D eigenvalue weighted by Gasteiger charge is -2.34. The summed E-state index contributed by atoms with van der Waals surface area (Å²) in [5.74, 6) is 6.47. The number of aromatic nitrogens is 2. The maximum atomic E-state index is 12.4. The van der Waals surface area contributed by atoms with Gasteiger partial charge in [0.2, 0.25) is 5.82 Å². The van der Waals surface area contributed by atoms with E-state index in [1.54, 1.807) is 11.1 Å². The van der Waals surface area contributed by atoms with Crippen molar-refractivity contribution in [1.82, 2.24) is 14.9 Å². The number of likely N-dealkylation sites (tertiary alicyclic amines) is 1. The summed E-state index contributed by atoms with van der Waals surface area (Å²) in [6, 6.07) is 1.84. The van der Waals surface area contributed by atoms with Crippen LogP contribution in [-0.4, -0.2) is 38.6 Å². The number of nitrogens with zero attached hydrogens (tertiary/aromatic N) is 3. The van der Waals surface area contributed by atoms with E-state index < -0.39 is 11.1 Å². The third-order valence-corrected chi connectivity index (χ3v) is 3.90. The zero-order chi connectivity index (χ0) is 18.0. The predicted octanol–water partition coefficient (Wildman–Crippen LogP) is 3.48. The molecule has 0 N–H and O–H groups in total. The standard InChI is InChI=1S/C19H25N3O2/c1-14-10-12-20-16(21-14)9-7-8-15-11-13-22(19(15,5)6)17(23)24-18(2,3)4/h8,10,12H,11,13H2,1-6H3/b15-8+. The zero-order valence-electron chi connectivity index (χ0n) is 15.3. The van der Waals surface area contributed by atoms with E-state index in [1.807, 2.05) is 53.7 Å². The Labute approximate surface area is 144 Å². The molecule has 0 radical (unpaired) electrons. The van der Waals surface area contributed by atoms with Crippen molar-refractivity contribution in [1.29, 1.82) is 0 Å². The van der Waals surface area contributed by atoms with Crippen LogP contribution in [0.25, 0.3) is 0 Å². The molecule has 0 aliphatic carbocycles. The molecule has 1 fully saturated rings. The van der Waals surface area contributed by atoms with Crippen molar-refractivity contribution in [3.63, 3.8) is 0 Å². The van der Waals surface area contributed by atoms with E-state index >= 15 is 0 Å². The van der Waals surface area contributed by atoms with Crippen molar-refractivity contribution in [2.45, 2.75) is 59.1 Å². The number of ether oxygens (including phenoxy) is 1. The molecule has 5 nitrogen and oxygen atoms in total. The SMILES string of the molecule is Cc1ccnc(C#C/C=C2\CCN(C(=O)OC(C)(C)C)C2(C)C)n1. The summed E-state index contributed by atoms with van der Waals surface area (Å²) in [5.41, 5.74) is 1.08. The molecule has 24 heavy (non-hydrogen) atoms. The Balaban J connectivity index is 2.14. The van der Waals surface area contributed by atoms with Crippen LogP contribution in [0.5, 0.6) is 0 Å². The molecule has 0 atom stereocenters. The topological polar surface area (TPSA) is 55.3 Å². The van der Waals surface area contributed by atoms with Gasteiger partial charge in [0.15, 0.2) is 0 Å². The highest BCUT2D eigenvalue weighted by Gasteiger charge is 2.41. The van der Waals surface area contributed by atoms with Crippen LogP contribution in [0, 0.1) is 18.8 Å². The second-order valence-corrected chi connectivity index (χ2v) is 7.40. The van der Waals surface area contributed by atoms with E-state index in [0.717, 1.165) is 17.7 Å². The summed E-state index contributed by atoms with van der Waals surface area (Å²) in [6.07, 6.45) is 4.07. The maximum Gasteiger partial charge on any atom is 0.410 e. The molecule has 0 bridgehead atoms. The highest BCUT2D eigenvalue weighted by atomic mass is 16.6. The summed E-state index contributed by atoms with van der Waals surface area (Å²) in [5, 5.41) is 0. The first-order valence-electron chi connectivity index (χ1n) is 8.11. The molecule has 5 heteroatoms. The third-order valence-electron chi connectivity index (χ3n) is 3.90. The van der Waals surface area contributed by atoms with Crippen LogP contribution in [0.4, 0.5) is 4.79 Å². The van der Waals surface area contributed by atoms with Gasteiger partial charge < -0.3 is 4.74 Å². The quantitative estimate of drug-likeness (QED) is 0.685. The Kier molecular flexibility index (Phi) is 4.98. The Morgan fingerprint density at radius 1 is 1.42 bits per heavy atom. The van der Waals surface area contributed by atoms with E-state index in [0.29, 0.717) is 12.4 Å². The van der Waals surface area contributed by atoms with Crippen molar-refractivity contribution in [3.05, 3.63) is 35.4 Å². The average Bonchev–Trinajstić information content (AvgIpc) is 2.72. The second kappa shape index (κ2) is 6.64. The van der Waals surface area contributed by atoms with Gasteiger partial charge >= 0.3 is 6.09 Å². The number of aryl methyl sites for hydroxylation is 1. The highest BCUT2D eigenvalue weighted by molar-refractivity contribution is 5.71. The largest absolute Gasteiger partial charge is 0.444 e. The van der Waals surface area contributed by atoms with Gasteiger partial charge in [-0.3, -0.25) is 4.90 Å². The number of carbonyl (C=O) groups excluding carboxylic acids is 1. The molecule has 1 aromatic heterocycles. The fraction of sp³-hybridized carbons (Fsp3) is 0.526. The van der Waals surface area contributed by atoms with Gasteiger partial charge in [-0.2, -0.15) is 0 Å². The van der Waals surface area contributed by atoms with E-state index in [-0.39, 0.29) is 6.09 Å². The van der Waals surface area contributed by atoms with E-state index in [2.05, 4.69) is 21.8 Å². The Bertz CT molecular complexity index is 718. The first kappa shape index (κ1) is 18.0. The minimum atomic E-state index is -0.498. The van der Waals surface area contributed by atoms with Crippen molar-refractivity contribution in [2.75, 3.05) is 6.54 Å². The molecule has 1 aromatic rings. The number of amides is 1. The molecule has 0 spiro atoms.